The molecule has 13 heteroatoms. The minimum Gasteiger partial charge on any atom is -0.444 e. The minimum absolute atomic E-state index is 0.0615. The molecule has 0 aromatic heterocycles. The quantitative estimate of drug-likeness (QED) is 0.368. The van der Waals surface area contributed by atoms with Gasteiger partial charge in [0.25, 0.3) is 5.91 Å². The van der Waals surface area contributed by atoms with E-state index in [1.807, 2.05) is 37.1 Å². The Morgan fingerprint density at radius 1 is 1.04 bits per heavy atom. The number of halogens is 1. The first-order chi connectivity index (χ1) is 22.0. The number of hydrazine groups is 1. The van der Waals surface area contributed by atoms with E-state index in [1.54, 1.807) is 38.8 Å². The maximum absolute atomic E-state index is 13.8. The van der Waals surface area contributed by atoms with Crippen LogP contribution in [0, 0.1) is 18.2 Å². The zero-order chi connectivity index (χ0) is 34.5. The fraction of sp³-hybridized carbons (Fsp3) is 0.559. The average molecular weight is 654 g/mol. The molecule has 0 bridgehead atoms. The highest BCUT2D eigenvalue weighted by Crippen LogP contribution is 2.26. The topological polar surface area (TPSA) is 104 Å². The highest BCUT2D eigenvalue weighted by molar-refractivity contribution is 6.61. The van der Waals surface area contributed by atoms with Crippen molar-refractivity contribution in [3.8, 4) is 0 Å². The summed E-state index contributed by atoms with van der Waals surface area (Å²) < 4.78 is 31.2. The Morgan fingerprint density at radius 3 is 2.36 bits per heavy atom. The number of carbonyl (C=O) groups excluding carboxylic acids is 3. The molecule has 4 rings (SSSR count). The maximum atomic E-state index is 13.8. The number of likely N-dealkylation sites (N-methyl/N-ethyl adjacent to an activating group) is 2. The molecule has 47 heavy (non-hydrogen) atoms. The van der Waals surface area contributed by atoms with Gasteiger partial charge in [0.05, 0.1) is 13.1 Å². The monoisotopic (exact) mass is 653 g/mol. The molecule has 0 spiro atoms. The number of ether oxygens (including phenoxy) is 1. The van der Waals surface area contributed by atoms with Gasteiger partial charge >= 0.3 is 13.2 Å². The summed E-state index contributed by atoms with van der Waals surface area (Å²) in [6, 6.07) is 10.4. The van der Waals surface area contributed by atoms with Crippen LogP contribution in [0.25, 0.3) is 0 Å². The Morgan fingerprint density at radius 2 is 1.72 bits per heavy atom. The number of benzene rings is 2. The van der Waals surface area contributed by atoms with E-state index in [2.05, 4.69) is 19.2 Å². The lowest BCUT2D eigenvalue weighted by molar-refractivity contribution is -0.145. The van der Waals surface area contributed by atoms with Gasteiger partial charge in [-0.15, -0.1) is 0 Å². The zero-order valence-corrected chi connectivity index (χ0v) is 29.0. The second-order valence-electron chi connectivity index (χ2n) is 14.1. The summed E-state index contributed by atoms with van der Waals surface area (Å²) in [5, 5.41) is 6.29. The molecule has 0 radical (unpaired) electrons. The summed E-state index contributed by atoms with van der Waals surface area (Å²) in [6.45, 7) is 16.2. The SMILES string of the molecule is CCN(CCNC(=O)CN(CC(=O)N(C)N1Cc2ccc(F)cc2C1)c1ccc(B2OCC(C)(C)CO2)cc1C)C(=O)OC(C)(C)C. The van der Waals surface area contributed by atoms with Crippen LogP contribution in [-0.2, 0) is 36.7 Å². The Bertz CT molecular complexity index is 1440. The third-order valence-electron chi connectivity index (χ3n) is 8.14. The van der Waals surface area contributed by atoms with E-state index < -0.39 is 18.8 Å². The van der Waals surface area contributed by atoms with Gasteiger partial charge < -0.3 is 29.2 Å². The number of nitrogens with zero attached hydrogens (tertiary/aromatic N) is 4. The third kappa shape index (κ3) is 9.91. The largest absolute Gasteiger partial charge is 0.493 e. The fourth-order valence-electron chi connectivity index (χ4n) is 5.54. The van der Waals surface area contributed by atoms with E-state index >= 15 is 0 Å². The van der Waals surface area contributed by atoms with E-state index in [4.69, 9.17) is 14.0 Å². The summed E-state index contributed by atoms with van der Waals surface area (Å²) in [4.78, 5) is 42.7. The molecule has 2 aliphatic rings. The van der Waals surface area contributed by atoms with E-state index in [-0.39, 0.29) is 49.2 Å². The summed E-state index contributed by atoms with van der Waals surface area (Å²) in [7, 11) is 1.20. The lowest BCUT2D eigenvalue weighted by Crippen LogP contribution is -2.49. The van der Waals surface area contributed by atoms with E-state index in [0.29, 0.717) is 32.8 Å². The molecule has 11 nitrogen and oxygen atoms in total. The van der Waals surface area contributed by atoms with Gasteiger partial charge in [-0.1, -0.05) is 32.0 Å². The first kappa shape index (κ1) is 36.2. The molecule has 2 heterocycles. The number of anilines is 1. The van der Waals surface area contributed by atoms with Crippen LogP contribution in [0.4, 0.5) is 14.9 Å². The number of rotatable bonds is 11. The van der Waals surface area contributed by atoms with E-state index in [1.165, 1.54) is 22.0 Å². The summed E-state index contributed by atoms with van der Waals surface area (Å²) >= 11 is 0. The Kier molecular flexibility index (Phi) is 11.6. The number of hydrogen-bond acceptors (Lipinski definition) is 8. The first-order valence-corrected chi connectivity index (χ1v) is 16.2. The van der Waals surface area contributed by atoms with Crippen LogP contribution in [0.1, 0.15) is 58.2 Å². The number of hydrogen-bond donors (Lipinski definition) is 1. The molecule has 2 aromatic carbocycles. The van der Waals surface area contributed by atoms with Crippen molar-refractivity contribution in [2.75, 3.05) is 57.9 Å². The number of carbonyl (C=O) groups is 3. The molecule has 256 valence electrons. The van der Waals surface area contributed by atoms with Gasteiger partial charge in [0.2, 0.25) is 5.91 Å². The van der Waals surface area contributed by atoms with Crippen molar-refractivity contribution in [2.45, 2.75) is 67.2 Å². The number of aryl methyl sites for hydroxylation is 1. The molecular weight excluding hydrogens is 604 g/mol. The highest BCUT2D eigenvalue weighted by atomic mass is 19.1. The third-order valence-corrected chi connectivity index (χ3v) is 8.14. The first-order valence-electron chi connectivity index (χ1n) is 16.2. The normalized spacial score (nSPS) is 16.0. The Balaban J connectivity index is 1.46. The second-order valence-corrected chi connectivity index (χ2v) is 14.1. The molecule has 0 atom stereocenters. The van der Waals surface area contributed by atoms with Crippen LogP contribution in [0.2, 0.25) is 0 Å². The van der Waals surface area contributed by atoms with Crippen LogP contribution < -0.4 is 15.7 Å². The van der Waals surface area contributed by atoms with Crippen molar-refractivity contribution in [2.24, 2.45) is 5.41 Å². The maximum Gasteiger partial charge on any atom is 0.493 e. The van der Waals surface area contributed by atoms with Crippen LogP contribution in [0.5, 0.6) is 0 Å². The predicted octanol–water partition coefficient (Wildman–Crippen LogP) is 3.47. The van der Waals surface area contributed by atoms with Crippen LogP contribution in [-0.4, -0.2) is 98.5 Å². The van der Waals surface area contributed by atoms with E-state index in [9.17, 15) is 18.8 Å². The summed E-state index contributed by atoms with van der Waals surface area (Å²) in [5.41, 5.74) is 3.56. The second kappa shape index (κ2) is 15.0. The summed E-state index contributed by atoms with van der Waals surface area (Å²) in [6.07, 6.45) is -0.443. The standard InChI is InChI=1S/C34H49BFN5O6/c1-9-39(32(44)47-33(3,4)5)15-14-37-30(42)20-40(21-31(43)38(8)41-18-25-10-12-28(36)17-26(25)19-41)29-13-11-27(16-24(29)2)35-45-22-34(6,7)23-46-35/h10-13,16-17H,9,14-15,18-23H2,1-8H3,(H,37,42). The Labute approximate surface area is 278 Å². The van der Waals surface area contributed by atoms with Crippen LogP contribution in [0.15, 0.2) is 36.4 Å². The molecule has 1 fully saturated rings. The minimum atomic E-state index is -0.624. The molecule has 2 aliphatic heterocycles. The summed E-state index contributed by atoms with van der Waals surface area (Å²) in [5.74, 6) is -0.830. The van der Waals surface area contributed by atoms with Crippen molar-refractivity contribution in [1.29, 1.82) is 0 Å². The number of fused-ring (bicyclic) bond motifs is 1. The van der Waals surface area contributed by atoms with E-state index in [0.717, 1.165) is 27.8 Å². The highest BCUT2D eigenvalue weighted by Gasteiger charge is 2.34. The number of nitrogens with one attached hydrogen (secondary N) is 1. The molecule has 3 amide bonds. The molecule has 2 aromatic rings. The lowest BCUT2D eigenvalue weighted by atomic mass is 9.75. The van der Waals surface area contributed by atoms with Crippen LogP contribution >= 0.6 is 0 Å². The van der Waals surface area contributed by atoms with Crippen LogP contribution in [0.3, 0.4) is 0 Å². The van der Waals surface area contributed by atoms with Gasteiger partial charge in [-0.3, -0.25) is 14.6 Å². The molecule has 1 saturated heterocycles. The smallest absolute Gasteiger partial charge is 0.444 e. The van der Waals surface area contributed by atoms with Crippen molar-refractivity contribution >= 4 is 36.2 Å². The Hall–Kier alpha value is -3.68. The van der Waals surface area contributed by atoms with Gasteiger partial charge in [0, 0.05) is 64.1 Å². The van der Waals surface area contributed by atoms with Crippen molar-refractivity contribution in [1.82, 2.24) is 20.2 Å². The molecular formula is C34H49BFN5O6. The van der Waals surface area contributed by atoms with Gasteiger partial charge in [0.1, 0.15) is 11.4 Å². The lowest BCUT2D eigenvalue weighted by Gasteiger charge is -2.34. The van der Waals surface area contributed by atoms with Gasteiger partial charge in [-0.05, 0) is 75.0 Å². The van der Waals surface area contributed by atoms with Crippen molar-refractivity contribution in [3.63, 3.8) is 0 Å². The predicted molar refractivity (Wildman–Crippen MR) is 179 cm³/mol. The number of amides is 3. The molecule has 0 saturated carbocycles. The van der Waals surface area contributed by atoms with Crippen molar-refractivity contribution in [3.05, 3.63) is 58.9 Å². The zero-order valence-electron chi connectivity index (χ0n) is 29.0. The molecule has 0 aliphatic carbocycles. The average Bonchev–Trinajstić information content (AvgIpc) is 3.41. The van der Waals surface area contributed by atoms with Crippen molar-refractivity contribution < 1.29 is 32.8 Å². The fourth-order valence-corrected chi connectivity index (χ4v) is 5.54. The molecule has 1 N–H and O–H groups in total. The van der Waals surface area contributed by atoms with Gasteiger partial charge in [0.15, 0.2) is 0 Å². The molecule has 0 unspecified atom stereocenters. The van der Waals surface area contributed by atoms with Gasteiger partial charge in [-0.25, -0.2) is 14.2 Å². The van der Waals surface area contributed by atoms with Gasteiger partial charge in [-0.2, -0.15) is 0 Å².